The number of benzene rings is 2. The summed E-state index contributed by atoms with van der Waals surface area (Å²) in [5, 5.41) is 0. The Hall–Kier alpha value is -1.63. The fraction of sp³-hybridized carbons (Fsp3) is 0.200. The van der Waals surface area contributed by atoms with Gasteiger partial charge in [0.05, 0.1) is 12.2 Å². The Morgan fingerprint density at radius 1 is 0.963 bits per heavy atom. The van der Waals surface area contributed by atoms with Crippen molar-refractivity contribution in [3.8, 4) is 5.69 Å². The van der Waals surface area contributed by atoms with Crippen LogP contribution in [0, 0.1) is 7.43 Å². The second kappa shape index (κ2) is 12.7. The van der Waals surface area contributed by atoms with E-state index in [-0.39, 0.29) is 56.5 Å². The third kappa shape index (κ3) is 7.49. The Morgan fingerprint density at radius 3 is 1.93 bits per heavy atom. The third-order valence-corrected chi connectivity index (χ3v) is 4.39. The molecule has 0 aliphatic carbocycles. The number of carbonyl (C=O) groups is 1. The maximum absolute atomic E-state index is 12.3. The molecule has 7 heteroatoms. The van der Waals surface area contributed by atoms with Crippen LogP contribution in [0.1, 0.15) is 25.8 Å². The molecule has 0 saturated heterocycles. The Labute approximate surface area is 188 Å². The van der Waals surface area contributed by atoms with Crippen LogP contribution in [0.2, 0.25) is 0 Å². The van der Waals surface area contributed by atoms with E-state index in [1.807, 2.05) is 67.6 Å². The first-order chi connectivity index (χ1) is 12.0. The van der Waals surface area contributed by atoms with Gasteiger partial charge in [0.15, 0.2) is 0 Å². The molecule has 2 aromatic carbocycles. The molecule has 141 valence electrons. The van der Waals surface area contributed by atoms with E-state index < -0.39 is 0 Å². The minimum absolute atomic E-state index is 0. The third-order valence-electron chi connectivity index (χ3n) is 3.47. The number of para-hydroxylation sites is 1. The number of hydrogen-bond acceptors (Lipinski definition) is 4. The van der Waals surface area contributed by atoms with Crippen LogP contribution >= 0.6 is 11.5 Å². The smallest absolute Gasteiger partial charge is 0.346 e. The number of hydrogen-bond donors (Lipinski definition) is 0. The zero-order chi connectivity index (χ0) is 18.2. The SMILES string of the molecule is CCC(C)=O.O=c1sn(-c2ccccc2)c(=O)n1Cc1ccccc1.[CH3-].[Y]. The fourth-order valence-electron chi connectivity index (χ4n) is 1.98. The minimum atomic E-state index is -0.296. The van der Waals surface area contributed by atoms with Crippen molar-refractivity contribution in [3.63, 3.8) is 0 Å². The molecule has 1 heterocycles. The van der Waals surface area contributed by atoms with E-state index in [0.29, 0.717) is 18.7 Å². The van der Waals surface area contributed by atoms with Gasteiger partial charge in [-0.15, -0.1) is 0 Å². The number of carbonyl (C=O) groups excluding carboxylic acids is 1. The molecule has 0 N–H and O–H groups in total. The van der Waals surface area contributed by atoms with Crippen LogP contribution in [0.4, 0.5) is 0 Å². The first kappa shape index (κ1) is 25.4. The summed E-state index contributed by atoms with van der Waals surface area (Å²) >= 11 is 0.925. The van der Waals surface area contributed by atoms with E-state index in [4.69, 9.17) is 0 Å². The summed E-state index contributed by atoms with van der Waals surface area (Å²) in [6.45, 7) is 3.73. The van der Waals surface area contributed by atoms with Crippen molar-refractivity contribution in [2.24, 2.45) is 0 Å². The number of nitrogens with zero attached hydrogens (tertiary/aromatic N) is 2. The van der Waals surface area contributed by atoms with Crippen LogP contribution in [-0.4, -0.2) is 14.3 Å². The van der Waals surface area contributed by atoms with E-state index in [1.165, 1.54) is 8.52 Å². The quantitative estimate of drug-likeness (QED) is 0.560. The van der Waals surface area contributed by atoms with Gasteiger partial charge in [0.25, 0.3) is 0 Å². The monoisotopic (exact) mass is 460 g/mol. The van der Waals surface area contributed by atoms with Crippen molar-refractivity contribution in [1.29, 1.82) is 0 Å². The topological polar surface area (TPSA) is 61.1 Å². The number of Topliss-reactive ketones (excluding diaryl/α,β-unsaturated/α-hetero) is 1. The second-order valence-electron chi connectivity index (χ2n) is 5.40. The number of aromatic nitrogens is 2. The molecule has 27 heavy (non-hydrogen) atoms. The van der Waals surface area contributed by atoms with Gasteiger partial charge in [-0.3, -0.25) is 4.79 Å². The molecule has 0 unspecified atom stereocenters. The Balaban J connectivity index is 0.000000864. The second-order valence-corrected chi connectivity index (χ2v) is 6.29. The molecule has 0 saturated carbocycles. The molecule has 3 rings (SSSR count). The van der Waals surface area contributed by atoms with Crippen LogP contribution in [0.25, 0.3) is 5.69 Å². The van der Waals surface area contributed by atoms with Crippen LogP contribution in [0.3, 0.4) is 0 Å². The van der Waals surface area contributed by atoms with Crippen LogP contribution in [0.5, 0.6) is 0 Å². The van der Waals surface area contributed by atoms with E-state index in [1.54, 1.807) is 6.92 Å². The van der Waals surface area contributed by atoms with Crippen molar-refractivity contribution in [3.05, 3.63) is 93.8 Å². The van der Waals surface area contributed by atoms with Gasteiger partial charge in [0.1, 0.15) is 5.78 Å². The zero-order valence-electron chi connectivity index (χ0n) is 15.8. The van der Waals surface area contributed by atoms with E-state index >= 15 is 0 Å². The molecule has 0 amide bonds. The van der Waals surface area contributed by atoms with Crippen molar-refractivity contribution in [1.82, 2.24) is 8.52 Å². The van der Waals surface area contributed by atoms with Gasteiger partial charge in [-0.1, -0.05) is 55.5 Å². The van der Waals surface area contributed by atoms with Crippen molar-refractivity contribution in [2.45, 2.75) is 26.8 Å². The molecule has 0 spiro atoms. The van der Waals surface area contributed by atoms with Gasteiger partial charge in [0, 0.05) is 50.7 Å². The molecule has 0 aliphatic heterocycles. The van der Waals surface area contributed by atoms with E-state index in [2.05, 4.69) is 0 Å². The molecule has 3 aromatic rings. The minimum Gasteiger partial charge on any atom is -0.358 e. The molecule has 0 aliphatic rings. The van der Waals surface area contributed by atoms with Crippen molar-refractivity contribution < 1.29 is 37.5 Å². The van der Waals surface area contributed by atoms with Gasteiger partial charge in [0.2, 0.25) is 0 Å². The Morgan fingerprint density at radius 2 is 1.44 bits per heavy atom. The van der Waals surface area contributed by atoms with Gasteiger partial charge in [-0.25, -0.2) is 13.3 Å². The van der Waals surface area contributed by atoms with Crippen molar-refractivity contribution in [2.75, 3.05) is 0 Å². The first-order valence-corrected chi connectivity index (χ1v) is 8.72. The van der Waals surface area contributed by atoms with Crippen LogP contribution in [0.15, 0.2) is 70.3 Å². The van der Waals surface area contributed by atoms with E-state index in [9.17, 15) is 14.4 Å². The molecular weight excluding hydrogens is 437 g/mol. The maximum atomic E-state index is 12.3. The largest absolute Gasteiger partial charge is 0.358 e. The summed E-state index contributed by atoms with van der Waals surface area (Å²) in [7, 11) is 0. The molecule has 5 nitrogen and oxygen atoms in total. The number of ketones is 1. The van der Waals surface area contributed by atoms with Gasteiger partial charge in [-0.05, 0) is 24.6 Å². The van der Waals surface area contributed by atoms with Crippen LogP contribution in [-0.2, 0) is 44.0 Å². The van der Waals surface area contributed by atoms with Gasteiger partial charge < -0.3 is 12.2 Å². The first-order valence-electron chi connectivity index (χ1n) is 7.95. The standard InChI is InChI=1S/C15H12N2O2S.C4H8O.CH3.Y/c18-14-16(11-12-7-3-1-4-8-12)15(19)20-17(14)13-9-5-2-6-10-13;1-3-4(2)5;;/h1-10H,11H2;3H2,1-2H3;1H3;/q;;-1;. The van der Waals surface area contributed by atoms with Crippen molar-refractivity contribution >= 4 is 17.3 Å². The fourth-order valence-corrected chi connectivity index (χ4v) is 2.78. The predicted molar refractivity (Wildman–Crippen MR) is 107 cm³/mol. The normalized spacial score (nSPS) is 9.26. The van der Waals surface area contributed by atoms with E-state index in [0.717, 1.165) is 17.1 Å². The summed E-state index contributed by atoms with van der Waals surface area (Å²) in [4.78, 5) is 33.9. The molecule has 0 atom stereocenters. The average molecular weight is 460 g/mol. The molecule has 1 radical (unpaired) electrons. The van der Waals surface area contributed by atoms with Crippen LogP contribution < -0.4 is 10.6 Å². The molecular formula is C20H23N2O3SY-. The van der Waals surface area contributed by atoms with Gasteiger partial charge >= 0.3 is 10.6 Å². The summed E-state index contributed by atoms with van der Waals surface area (Å²) in [6.07, 6.45) is 0.667. The Kier molecular flexibility index (Phi) is 11.9. The molecule has 0 bridgehead atoms. The summed E-state index contributed by atoms with van der Waals surface area (Å²) < 4.78 is 2.68. The maximum Gasteiger partial charge on any atom is 0.346 e. The Bertz CT molecular complexity index is 931. The summed E-state index contributed by atoms with van der Waals surface area (Å²) in [5.41, 5.74) is 1.35. The zero-order valence-corrected chi connectivity index (χ0v) is 19.4. The summed E-state index contributed by atoms with van der Waals surface area (Å²) in [5.74, 6) is 0.255. The predicted octanol–water partition coefficient (Wildman–Crippen LogP) is 3.54. The summed E-state index contributed by atoms with van der Waals surface area (Å²) in [6, 6.07) is 18.7. The van der Waals surface area contributed by atoms with Gasteiger partial charge in [-0.2, -0.15) is 0 Å². The average Bonchev–Trinajstić information content (AvgIpc) is 2.92. The molecule has 0 fully saturated rings. The molecule has 1 aromatic heterocycles. The number of rotatable bonds is 4.